The lowest BCUT2D eigenvalue weighted by molar-refractivity contribution is 0.122. The molecule has 4 nitrogen and oxygen atoms in total. The summed E-state index contributed by atoms with van der Waals surface area (Å²) >= 11 is 3.51. The summed E-state index contributed by atoms with van der Waals surface area (Å²) in [5.74, 6) is 0. The Bertz CT molecular complexity index is 707. The van der Waals surface area contributed by atoms with Crippen LogP contribution in [0, 0.1) is 5.41 Å². The van der Waals surface area contributed by atoms with Crippen molar-refractivity contribution in [3.63, 3.8) is 0 Å². The van der Waals surface area contributed by atoms with Crippen LogP contribution in [-0.2, 0) is 14.1 Å². The van der Waals surface area contributed by atoms with Gasteiger partial charge in [0.05, 0.1) is 17.1 Å². The summed E-state index contributed by atoms with van der Waals surface area (Å²) < 4.78 is 4.05. The summed E-state index contributed by atoms with van der Waals surface area (Å²) in [4.78, 5) is 12.0. The lowest BCUT2D eigenvalue weighted by Crippen LogP contribution is -2.19. The Morgan fingerprint density at radius 1 is 1.20 bits per heavy atom. The minimum Gasteiger partial charge on any atom is -0.388 e. The van der Waals surface area contributed by atoms with Gasteiger partial charge in [-0.05, 0) is 29.5 Å². The van der Waals surface area contributed by atoms with Crippen LogP contribution in [0.1, 0.15) is 38.9 Å². The fourth-order valence-electron chi connectivity index (χ4n) is 2.48. The molecular weight excluding hydrogens is 320 g/mol. The summed E-state index contributed by atoms with van der Waals surface area (Å²) in [5.41, 5.74) is 2.50. The smallest absolute Gasteiger partial charge is 0.328 e. The molecule has 1 unspecified atom stereocenters. The molecule has 0 saturated carbocycles. The monoisotopic (exact) mass is 340 g/mol. The van der Waals surface area contributed by atoms with E-state index in [-0.39, 0.29) is 11.1 Å². The Hall–Kier alpha value is -1.07. The van der Waals surface area contributed by atoms with Gasteiger partial charge in [-0.25, -0.2) is 4.79 Å². The van der Waals surface area contributed by atoms with Crippen LogP contribution in [0.4, 0.5) is 0 Å². The molecule has 1 atom stereocenters. The zero-order chi connectivity index (χ0) is 15.2. The Labute approximate surface area is 127 Å². The molecule has 0 spiro atoms. The summed E-state index contributed by atoms with van der Waals surface area (Å²) in [6.45, 7) is 6.29. The van der Waals surface area contributed by atoms with E-state index in [0.717, 1.165) is 21.1 Å². The first-order valence-corrected chi connectivity index (χ1v) is 7.44. The van der Waals surface area contributed by atoms with Gasteiger partial charge in [0.25, 0.3) is 0 Å². The number of hydrogen-bond donors (Lipinski definition) is 1. The second kappa shape index (κ2) is 5.04. The Morgan fingerprint density at radius 3 is 2.20 bits per heavy atom. The second-order valence-corrected chi connectivity index (χ2v) is 7.40. The molecule has 5 heteroatoms. The number of aliphatic hydroxyl groups is 1. The molecule has 1 heterocycles. The molecule has 0 aliphatic heterocycles. The maximum absolute atomic E-state index is 12.0. The third-order valence-corrected chi connectivity index (χ3v) is 4.24. The van der Waals surface area contributed by atoms with Crippen molar-refractivity contribution in [2.24, 2.45) is 19.5 Å². The number of nitrogens with zero attached hydrogens (tertiary/aromatic N) is 2. The zero-order valence-corrected chi connectivity index (χ0v) is 14.2. The highest BCUT2D eigenvalue weighted by Crippen LogP contribution is 2.34. The van der Waals surface area contributed by atoms with Crippen LogP contribution in [-0.4, -0.2) is 14.2 Å². The zero-order valence-electron chi connectivity index (χ0n) is 12.6. The summed E-state index contributed by atoms with van der Waals surface area (Å²) in [5, 5.41) is 10.4. The Balaban J connectivity index is 2.59. The van der Waals surface area contributed by atoms with Crippen LogP contribution in [0.5, 0.6) is 0 Å². The summed E-state index contributed by atoms with van der Waals surface area (Å²) in [6.07, 6.45) is 0.113. The number of aromatic nitrogens is 2. The number of rotatable bonds is 2. The predicted molar refractivity (Wildman–Crippen MR) is 84.9 cm³/mol. The highest BCUT2D eigenvalue weighted by molar-refractivity contribution is 9.10. The van der Waals surface area contributed by atoms with Gasteiger partial charge in [0, 0.05) is 18.6 Å². The summed E-state index contributed by atoms with van der Waals surface area (Å²) in [6, 6.07) is 3.80. The van der Waals surface area contributed by atoms with Crippen molar-refractivity contribution in [1.29, 1.82) is 0 Å². The third kappa shape index (κ3) is 2.69. The molecular formula is C15H21BrN2O2. The van der Waals surface area contributed by atoms with Crippen molar-refractivity contribution in [2.75, 3.05) is 0 Å². The second-order valence-electron chi connectivity index (χ2n) is 6.54. The maximum Gasteiger partial charge on any atom is 0.328 e. The van der Waals surface area contributed by atoms with E-state index in [4.69, 9.17) is 0 Å². The van der Waals surface area contributed by atoms with E-state index in [1.54, 1.807) is 23.2 Å². The maximum atomic E-state index is 12.0. The van der Waals surface area contributed by atoms with Crippen molar-refractivity contribution in [1.82, 2.24) is 9.13 Å². The van der Waals surface area contributed by atoms with Crippen molar-refractivity contribution in [3.8, 4) is 0 Å². The van der Waals surface area contributed by atoms with Crippen molar-refractivity contribution < 1.29 is 5.11 Å². The topological polar surface area (TPSA) is 47.2 Å². The minimum absolute atomic E-state index is 0.0381. The molecule has 0 amide bonds. The third-order valence-electron chi connectivity index (χ3n) is 3.56. The van der Waals surface area contributed by atoms with Crippen molar-refractivity contribution in [3.05, 3.63) is 32.7 Å². The SMILES string of the molecule is Cn1c(=O)n(C)c2cc(C(O)CC(C)(C)C)c(Br)cc21. The molecule has 2 rings (SSSR count). The van der Waals surface area contributed by atoms with Crippen LogP contribution in [0.15, 0.2) is 21.4 Å². The molecule has 1 N–H and O–H groups in total. The normalized spacial score (nSPS) is 13.9. The van der Waals surface area contributed by atoms with E-state index in [1.807, 2.05) is 12.1 Å². The van der Waals surface area contributed by atoms with Crippen LogP contribution in [0.3, 0.4) is 0 Å². The quantitative estimate of drug-likeness (QED) is 0.912. The van der Waals surface area contributed by atoms with Crippen LogP contribution >= 0.6 is 15.9 Å². The Morgan fingerprint density at radius 2 is 1.70 bits per heavy atom. The molecule has 0 radical (unpaired) electrons. The molecule has 0 fully saturated rings. The lowest BCUT2D eigenvalue weighted by Gasteiger charge is -2.23. The Kier molecular flexibility index (Phi) is 3.86. The number of imidazole rings is 1. The first-order chi connectivity index (χ1) is 9.11. The lowest BCUT2D eigenvalue weighted by atomic mass is 9.87. The van der Waals surface area contributed by atoms with E-state index in [0.29, 0.717) is 6.42 Å². The standard InChI is InChI=1S/C15H21BrN2O2/c1-15(2,3)8-13(19)9-6-11-12(7-10(9)16)18(5)14(20)17(11)4/h6-7,13,19H,8H2,1-5H3. The fraction of sp³-hybridized carbons (Fsp3) is 0.533. The molecule has 110 valence electrons. The fourth-order valence-corrected chi connectivity index (χ4v) is 3.08. The molecule has 2 aromatic rings. The highest BCUT2D eigenvalue weighted by Gasteiger charge is 2.21. The largest absolute Gasteiger partial charge is 0.388 e. The average molecular weight is 341 g/mol. The minimum atomic E-state index is -0.552. The number of hydrogen-bond acceptors (Lipinski definition) is 2. The highest BCUT2D eigenvalue weighted by atomic mass is 79.9. The first-order valence-electron chi connectivity index (χ1n) is 6.65. The van der Waals surface area contributed by atoms with Crippen LogP contribution < -0.4 is 5.69 Å². The van der Waals surface area contributed by atoms with Crippen LogP contribution in [0.2, 0.25) is 0 Å². The molecule has 0 aliphatic carbocycles. The van der Waals surface area contributed by atoms with Gasteiger partial charge in [0.1, 0.15) is 0 Å². The number of halogens is 1. The summed E-state index contributed by atoms with van der Waals surface area (Å²) in [7, 11) is 3.50. The van der Waals surface area contributed by atoms with Crippen molar-refractivity contribution >= 4 is 27.0 Å². The molecule has 0 aliphatic rings. The molecule has 0 saturated heterocycles. The van der Waals surface area contributed by atoms with E-state index >= 15 is 0 Å². The van der Waals surface area contributed by atoms with E-state index < -0.39 is 6.10 Å². The predicted octanol–water partition coefficient (Wildman–Crippen LogP) is 3.11. The van der Waals surface area contributed by atoms with Gasteiger partial charge in [0.2, 0.25) is 0 Å². The first kappa shape index (κ1) is 15.3. The number of aliphatic hydroxyl groups excluding tert-OH is 1. The molecule has 0 bridgehead atoms. The van der Waals surface area contributed by atoms with E-state index in [2.05, 4.69) is 36.7 Å². The number of aryl methyl sites for hydroxylation is 2. The number of benzene rings is 1. The average Bonchev–Trinajstić information content (AvgIpc) is 2.51. The number of fused-ring (bicyclic) bond motifs is 1. The van der Waals surface area contributed by atoms with Gasteiger partial charge in [-0.3, -0.25) is 9.13 Å². The molecule has 1 aromatic heterocycles. The van der Waals surface area contributed by atoms with Gasteiger partial charge < -0.3 is 5.11 Å². The molecule has 1 aromatic carbocycles. The van der Waals surface area contributed by atoms with Gasteiger partial charge in [-0.2, -0.15) is 0 Å². The molecule has 20 heavy (non-hydrogen) atoms. The van der Waals surface area contributed by atoms with E-state index in [9.17, 15) is 9.90 Å². The van der Waals surface area contributed by atoms with E-state index in [1.165, 1.54) is 0 Å². The van der Waals surface area contributed by atoms with Gasteiger partial charge >= 0.3 is 5.69 Å². The van der Waals surface area contributed by atoms with Crippen LogP contribution in [0.25, 0.3) is 11.0 Å². The van der Waals surface area contributed by atoms with Gasteiger partial charge in [-0.1, -0.05) is 36.7 Å². The van der Waals surface area contributed by atoms with Gasteiger partial charge in [0.15, 0.2) is 0 Å². The van der Waals surface area contributed by atoms with Gasteiger partial charge in [-0.15, -0.1) is 0 Å². The van der Waals surface area contributed by atoms with Crippen molar-refractivity contribution in [2.45, 2.75) is 33.3 Å².